The third kappa shape index (κ3) is 1.89. The highest BCUT2D eigenvalue weighted by molar-refractivity contribution is 7.18. The Balaban J connectivity index is 1.99. The second-order valence-electron chi connectivity index (χ2n) is 4.84. The molecule has 1 aliphatic carbocycles. The van der Waals surface area contributed by atoms with Gasteiger partial charge in [-0.3, -0.25) is 4.79 Å². The van der Waals surface area contributed by atoms with E-state index in [0.29, 0.717) is 0 Å². The summed E-state index contributed by atoms with van der Waals surface area (Å²) < 4.78 is 0. The zero-order chi connectivity index (χ0) is 11.8. The molecular formula is C13H18N2OS. The van der Waals surface area contributed by atoms with Gasteiger partial charge in [0, 0.05) is 26.2 Å². The molecule has 0 unspecified atom stereocenters. The van der Waals surface area contributed by atoms with Crippen molar-refractivity contribution in [1.82, 2.24) is 5.32 Å². The molecule has 1 aliphatic heterocycles. The fourth-order valence-corrected chi connectivity index (χ4v) is 4.20. The van der Waals surface area contributed by atoms with E-state index >= 15 is 0 Å². The summed E-state index contributed by atoms with van der Waals surface area (Å²) in [6, 6.07) is 0. The van der Waals surface area contributed by atoms with Crippen LogP contribution in [0.15, 0.2) is 0 Å². The van der Waals surface area contributed by atoms with Crippen LogP contribution in [0.4, 0.5) is 5.00 Å². The van der Waals surface area contributed by atoms with Gasteiger partial charge in [-0.2, -0.15) is 0 Å². The Morgan fingerprint density at radius 3 is 2.65 bits per heavy atom. The largest absolute Gasteiger partial charge is 0.361 e. The third-order valence-electron chi connectivity index (χ3n) is 3.67. The minimum absolute atomic E-state index is 0.245. The highest BCUT2D eigenvalue weighted by Crippen LogP contribution is 2.41. The van der Waals surface area contributed by atoms with Crippen molar-refractivity contribution < 1.29 is 4.79 Å². The summed E-state index contributed by atoms with van der Waals surface area (Å²) in [5, 5.41) is 4.76. The fourth-order valence-electron chi connectivity index (χ4n) is 2.86. The number of carbonyl (C=O) groups is 1. The fraction of sp³-hybridized carbons (Fsp3) is 0.615. The van der Waals surface area contributed by atoms with Crippen LogP contribution in [0.3, 0.4) is 0 Å². The normalized spacial score (nSPS) is 19.5. The first kappa shape index (κ1) is 11.2. The van der Waals surface area contributed by atoms with Gasteiger partial charge in [-0.25, -0.2) is 0 Å². The Bertz CT molecular complexity index is 447. The maximum absolute atomic E-state index is 11.7. The monoisotopic (exact) mass is 250 g/mol. The Hall–Kier alpha value is -0.870. The summed E-state index contributed by atoms with van der Waals surface area (Å²) >= 11 is 1.73. The Morgan fingerprint density at radius 1 is 1.24 bits per heavy atom. The summed E-state index contributed by atoms with van der Waals surface area (Å²) in [7, 11) is 0. The number of carbonyl (C=O) groups excluding carboxylic acids is 1. The number of fused-ring (bicyclic) bond motifs is 1. The number of ketones is 1. The summed E-state index contributed by atoms with van der Waals surface area (Å²) in [6.07, 6.45) is 3.49. The molecule has 17 heavy (non-hydrogen) atoms. The molecule has 0 atom stereocenters. The number of anilines is 1. The number of nitrogens with zero attached hydrogens (tertiary/aromatic N) is 1. The van der Waals surface area contributed by atoms with Crippen molar-refractivity contribution in [1.29, 1.82) is 0 Å². The van der Waals surface area contributed by atoms with Crippen molar-refractivity contribution in [2.45, 2.75) is 26.2 Å². The van der Waals surface area contributed by atoms with Gasteiger partial charge < -0.3 is 10.2 Å². The van der Waals surface area contributed by atoms with Crippen LogP contribution >= 0.6 is 11.3 Å². The molecule has 0 aromatic carbocycles. The molecule has 1 aromatic rings. The number of hydrogen-bond acceptors (Lipinski definition) is 4. The second kappa shape index (κ2) is 4.42. The lowest BCUT2D eigenvalue weighted by Gasteiger charge is -2.29. The van der Waals surface area contributed by atoms with Crippen molar-refractivity contribution >= 4 is 22.1 Å². The molecule has 0 radical (unpaired) electrons. The van der Waals surface area contributed by atoms with E-state index in [0.717, 1.165) is 37.5 Å². The first-order valence-electron chi connectivity index (χ1n) is 6.38. The summed E-state index contributed by atoms with van der Waals surface area (Å²) in [6.45, 7) is 5.96. The number of thiophene rings is 1. The van der Waals surface area contributed by atoms with Gasteiger partial charge in [-0.1, -0.05) is 0 Å². The van der Waals surface area contributed by atoms with Crippen molar-refractivity contribution in [2.75, 3.05) is 31.1 Å². The first-order chi connectivity index (χ1) is 8.27. The van der Waals surface area contributed by atoms with Crippen molar-refractivity contribution in [3.8, 4) is 0 Å². The highest BCUT2D eigenvalue weighted by Gasteiger charge is 2.27. The molecule has 2 heterocycles. The lowest BCUT2D eigenvalue weighted by Crippen LogP contribution is -2.43. The van der Waals surface area contributed by atoms with Crippen molar-refractivity contribution in [2.24, 2.45) is 0 Å². The van der Waals surface area contributed by atoms with Crippen LogP contribution in [-0.2, 0) is 12.8 Å². The number of rotatable bonds is 2. The van der Waals surface area contributed by atoms with Gasteiger partial charge in [0.2, 0.25) is 0 Å². The zero-order valence-electron chi connectivity index (χ0n) is 10.2. The van der Waals surface area contributed by atoms with Gasteiger partial charge in [0.15, 0.2) is 5.78 Å². The number of nitrogens with one attached hydrogen (secondary N) is 1. The number of piperazine rings is 1. The quantitative estimate of drug-likeness (QED) is 0.813. The van der Waals surface area contributed by atoms with Gasteiger partial charge in [-0.05, 0) is 37.3 Å². The van der Waals surface area contributed by atoms with E-state index in [1.807, 2.05) is 0 Å². The first-order valence-corrected chi connectivity index (χ1v) is 7.20. The minimum atomic E-state index is 0.245. The predicted octanol–water partition coefficient (Wildman–Crippen LogP) is 1.85. The molecule has 1 aromatic heterocycles. The average Bonchev–Trinajstić information content (AvgIpc) is 2.90. The molecule has 3 rings (SSSR count). The van der Waals surface area contributed by atoms with Crippen molar-refractivity contribution in [3.63, 3.8) is 0 Å². The van der Waals surface area contributed by atoms with E-state index in [1.54, 1.807) is 18.3 Å². The molecule has 1 fully saturated rings. The molecule has 0 spiro atoms. The topological polar surface area (TPSA) is 32.3 Å². The van der Waals surface area contributed by atoms with Crippen molar-refractivity contribution in [3.05, 3.63) is 16.0 Å². The molecule has 1 N–H and O–H groups in total. The molecule has 1 saturated heterocycles. The van der Waals surface area contributed by atoms with Crippen LogP contribution in [0, 0.1) is 0 Å². The molecule has 4 heteroatoms. The lowest BCUT2D eigenvalue weighted by molar-refractivity contribution is 0.102. The van der Waals surface area contributed by atoms with E-state index < -0.39 is 0 Å². The van der Waals surface area contributed by atoms with Gasteiger partial charge in [0.05, 0.1) is 9.88 Å². The standard InChI is InChI=1S/C13H18N2OS/c1-9(16)12-10-3-2-4-11(10)13(17-12)15-7-5-14-6-8-15/h14H,2-8H2,1H3. The van der Waals surface area contributed by atoms with Gasteiger partial charge in [0.1, 0.15) is 0 Å². The lowest BCUT2D eigenvalue weighted by atomic mass is 10.1. The predicted molar refractivity (Wildman–Crippen MR) is 71.4 cm³/mol. The Kier molecular flexibility index (Phi) is 2.92. The maximum atomic E-state index is 11.7. The van der Waals surface area contributed by atoms with Gasteiger partial charge in [0.25, 0.3) is 0 Å². The van der Waals surface area contributed by atoms with Crippen LogP contribution in [0.25, 0.3) is 0 Å². The molecule has 0 saturated carbocycles. The van der Waals surface area contributed by atoms with Crippen LogP contribution in [0.2, 0.25) is 0 Å². The van der Waals surface area contributed by atoms with Gasteiger partial charge in [-0.15, -0.1) is 11.3 Å². The molecule has 3 nitrogen and oxygen atoms in total. The van der Waals surface area contributed by atoms with Crippen LogP contribution in [-0.4, -0.2) is 32.0 Å². The smallest absolute Gasteiger partial charge is 0.170 e. The molecule has 92 valence electrons. The molecular weight excluding hydrogens is 232 g/mol. The SMILES string of the molecule is CC(=O)c1sc(N2CCNCC2)c2c1CCC2. The zero-order valence-corrected chi connectivity index (χ0v) is 11.0. The summed E-state index contributed by atoms with van der Waals surface area (Å²) in [5.74, 6) is 0.245. The van der Waals surface area contributed by atoms with E-state index in [1.165, 1.54) is 29.0 Å². The summed E-state index contributed by atoms with van der Waals surface area (Å²) in [4.78, 5) is 15.2. The Labute approximate surface area is 106 Å². The average molecular weight is 250 g/mol. The van der Waals surface area contributed by atoms with E-state index in [2.05, 4.69) is 10.2 Å². The molecule has 0 amide bonds. The number of hydrogen-bond donors (Lipinski definition) is 1. The maximum Gasteiger partial charge on any atom is 0.170 e. The third-order valence-corrected chi connectivity index (χ3v) is 5.11. The van der Waals surface area contributed by atoms with E-state index in [9.17, 15) is 4.79 Å². The molecule has 0 bridgehead atoms. The van der Waals surface area contributed by atoms with Crippen LogP contribution in [0.5, 0.6) is 0 Å². The van der Waals surface area contributed by atoms with E-state index in [4.69, 9.17) is 0 Å². The number of Topliss-reactive ketones (excluding diaryl/α,β-unsaturated/α-hetero) is 1. The molecule has 2 aliphatic rings. The van der Waals surface area contributed by atoms with Gasteiger partial charge >= 0.3 is 0 Å². The highest BCUT2D eigenvalue weighted by atomic mass is 32.1. The Morgan fingerprint density at radius 2 is 1.94 bits per heavy atom. The van der Waals surface area contributed by atoms with Crippen LogP contribution in [0.1, 0.15) is 34.1 Å². The van der Waals surface area contributed by atoms with E-state index in [-0.39, 0.29) is 5.78 Å². The van der Waals surface area contributed by atoms with Crippen LogP contribution < -0.4 is 10.2 Å². The second-order valence-corrected chi connectivity index (χ2v) is 5.84. The summed E-state index contributed by atoms with van der Waals surface area (Å²) in [5.41, 5.74) is 2.83. The minimum Gasteiger partial charge on any atom is -0.361 e.